The highest BCUT2D eigenvalue weighted by Gasteiger charge is 2.26. The van der Waals surface area contributed by atoms with Gasteiger partial charge in [-0.05, 0) is 26.8 Å². The van der Waals surface area contributed by atoms with Crippen LogP contribution < -0.4 is 10.2 Å². The lowest BCUT2D eigenvalue weighted by Crippen LogP contribution is -2.47. The predicted molar refractivity (Wildman–Crippen MR) is 70.7 cm³/mol. The molecule has 5 heteroatoms. The van der Waals surface area contributed by atoms with Crippen LogP contribution in [-0.2, 0) is 11.3 Å². The van der Waals surface area contributed by atoms with Gasteiger partial charge in [-0.3, -0.25) is 0 Å². The fraction of sp³-hybridized carbons (Fsp3) is 0.769. The van der Waals surface area contributed by atoms with Crippen LogP contribution in [0.1, 0.15) is 32.9 Å². The Hall–Kier alpha value is -1.07. The summed E-state index contributed by atoms with van der Waals surface area (Å²) in [6.45, 7) is 9.70. The summed E-state index contributed by atoms with van der Waals surface area (Å²) in [5, 5.41) is 3.32. The van der Waals surface area contributed by atoms with Crippen molar-refractivity contribution in [2.24, 2.45) is 0 Å². The molecule has 1 aliphatic heterocycles. The number of oxazole rings is 1. The maximum absolute atomic E-state index is 5.60. The van der Waals surface area contributed by atoms with Crippen LogP contribution in [0.15, 0.2) is 10.7 Å². The molecular formula is C13H23N3O2. The minimum atomic E-state index is 0.231. The van der Waals surface area contributed by atoms with Gasteiger partial charge in [0.2, 0.25) is 0 Å². The number of aromatic nitrogens is 1. The number of morpholine rings is 1. The van der Waals surface area contributed by atoms with Crippen LogP contribution >= 0.6 is 0 Å². The Balaban J connectivity index is 1.95. The average Bonchev–Trinajstić information content (AvgIpc) is 2.81. The van der Waals surface area contributed by atoms with Crippen molar-refractivity contribution in [3.05, 3.63) is 12.0 Å². The van der Waals surface area contributed by atoms with E-state index < -0.39 is 0 Å². The first-order chi connectivity index (χ1) is 8.70. The quantitative estimate of drug-likeness (QED) is 0.811. The number of rotatable bonds is 5. The number of hydrogen-bond donors (Lipinski definition) is 1. The molecule has 1 fully saturated rings. The van der Waals surface area contributed by atoms with E-state index in [0.29, 0.717) is 12.1 Å². The Morgan fingerprint density at radius 1 is 1.50 bits per heavy atom. The zero-order chi connectivity index (χ0) is 13.0. The SMILES string of the molecule is CCCNCc1coc(N2CC(C)OCC2C)n1. The Bertz CT molecular complexity index is 367. The van der Waals surface area contributed by atoms with Gasteiger partial charge in [0, 0.05) is 13.1 Å². The molecule has 2 atom stereocenters. The zero-order valence-electron chi connectivity index (χ0n) is 11.5. The van der Waals surface area contributed by atoms with Gasteiger partial charge in [-0.1, -0.05) is 6.92 Å². The van der Waals surface area contributed by atoms with Gasteiger partial charge >= 0.3 is 0 Å². The summed E-state index contributed by atoms with van der Waals surface area (Å²) in [5.41, 5.74) is 0.963. The van der Waals surface area contributed by atoms with Gasteiger partial charge < -0.3 is 19.4 Å². The molecule has 1 aromatic heterocycles. The molecule has 1 saturated heterocycles. The summed E-state index contributed by atoms with van der Waals surface area (Å²) < 4.78 is 11.2. The molecular weight excluding hydrogens is 230 g/mol. The molecule has 0 radical (unpaired) electrons. The highest BCUT2D eigenvalue weighted by atomic mass is 16.5. The molecule has 1 aromatic rings. The molecule has 18 heavy (non-hydrogen) atoms. The van der Waals surface area contributed by atoms with Crippen molar-refractivity contribution in [1.29, 1.82) is 0 Å². The molecule has 2 heterocycles. The van der Waals surface area contributed by atoms with Gasteiger partial charge in [0.05, 0.1) is 24.4 Å². The van der Waals surface area contributed by atoms with Crippen LogP contribution in [0, 0.1) is 0 Å². The predicted octanol–water partition coefficient (Wildman–Crippen LogP) is 1.79. The number of ether oxygens (including phenoxy) is 1. The second-order valence-corrected chi connectivity index (χ2v) is 4.94. The first-order valence-corrected chi connectivity index (χ1v) is 6.74. The monoisotopic (exact) mass is 253 g/mol. The fourth-order valence-corrected chi connectivity index (χ4v) is 2.07. The summed E-state index contributed by atoms with van der Waals surface area (Å²) in [5.74, 6) is 0. The molecule has 0 aliphatic carbocycles. The van der Waals surface area contributed by atoms with Crippen molar-refractivity contribution in [1.82, 2.24) is 10.3 Å². The topological polar surface area (TPSA) is 50.5 Å². The molecule has 2 rings (SSSR count). The second kappa shape index (κ2) is 6.20. The molecule has 0 spiro atoms. The Kier molecular flexibility index (Phi) is 4.60. The molecule has 0 bridgehead atoms. The normalized spacial score (nSPS) is 24.5. The summed E-state index contributed by atoms with van der Waals surface area (Å²) in [4.78, 5) is 6.71. The lowest BCUT2D eigenvalue weighted by Gasteiger charge is -2.35. The van der Waals surface area contributed by atoms with E-state index in [1.807, 2.05) is 0 Å². The minimum absolute atomic E-state index is 0.231. The van der Waals surface area contributed by atoms with Crippen molar-refractivity contribution in [3.63, 3.8) is 0 Å². The highest BCUT2D eigenvalue weighted by Crippen LogP contribution is 2.20. The Labute approximate surface area is 109 Å². The van der Waals surface area contributed by atoms with E-state index in [9.17, 15) is 0 Å². The Morgan fingerprint density at radius 3 is 3.11 bits per heavy atom. The van der Waals surface area contributed by atoms with Crippen molar-refractivity contribution in [3.8, 4) is 0 Å². The molecule has 2 unspecified atom stereocenters. The molecule has 0 aromatic carbocycles. The third kappa shape index (κ3) is 3.23. The Morgan fingerprint density at radius 2 is 2.33 bits per heavy atom. The van der Waals surface area contributed by atoms with Crippen LogP contribution in [0.2, 0.25) is 0 Å². The summed E-state index contributed by atoms with van der Waals surface area (Å²) in [6, 6.07) is 1.03. The van der Waals surface area contributed by atoms with Gasteiger partial charge in [-0.15, -0.1) is 0 Å². The van der Waals surface area contributed by atoms with Crippen molar-refractivity contribution < 1.29 is 9.15 Å². The lowest BCUT2D eigenvalue weighted by atomic mass is 10.2. The van der Waals surface area contributed by atoms with Crippen LogP contribution in [0.5, 0.6) is 0 Å². The first-order valence-electron chi connectivity index (χ1n) is 6.74. The summed E-state index contributed by atoms with van der Waals surface area (Å²) in [6.07, 6.45) is 3.10. The van der Waals surface area contributed by atoms with Crippen molar-refractivity contribution in [2.75, 3.05) is 24.6 Å². The van der Waals surface area contributed by atoms with Crippen LogP contribution in [0.25, 0.3) is 0 Å². The van der Waals surface area contributed by atoms with E-state index >= 15 is 0 Å². The van der Waals surface area contributed by atoms with E-state index in [2.05, 4.69) is 36.0 Å². The second-order valence-electron chi connectivity index (χ2n) is 4.94. The van der Waals surface area contributed by atoms with E-state index in [1.165, 1.54) is 0 Å². The molecule has 0 saturated carbocycles. The number of hydrogen-bond acceptors (Lipinski definition) is 5. The maximum atomic E-state index is 5.60. The van der Waals surface area contributed by atoms with Crippen LogP contribution in [0.3, 0.4) is 0 Å². The maximum Gasteiger partial charge on any atom is 0.297 e. The van der Waals surface area contributed by atoms with E-state index in [4.69, 9.17) is 9.15 Å². The summed E-state index contributed by atoms with van der Waals surface area (Å²) in [7, 11) is 0. The highest BCUT2D eigenvalue weighted by molar-refractivity contribution is 5.30. The number of nitrogens with one attached hydrogen (secondary N) is 1. The van der Waals surface area contributed by atoms with Gasteiger partial charge in [-0.2, -0.15) is 4.98 Å². The van der Waals surface area contributed by atoms with E-state index in [1.54, 1.807) is 6.26 Å². The minimum Gasteiger partial charge on any atom is -0.432 e. The van der Waals surface area contributed by atoms with Crippen LogP contribution in [-0.4, -0.2) is 36.8 Å². The van der Waals surface area contributed by atoms with Gasteiger partial charge in [-0.25, -0.2) is 0 Å². The summed E-state index contributed by atoms with van der Waals surface area (Å²) >= 11 is 0. The first kappa shape index (κ1) is 13.4. The molecule has 1 aliphatic rings. The smallest absolute Gasteiger partial charge is 0.297 e. The lowest BCUT2D eigenvalue weighted by molar-refractivity contribution is 0.0322. The van der Waals surface area contributed by atoms with Crippen LogP contribution in [0.4, 0.5) is 6.01 Å². The molecule has 0 amide bonds. The third-order valence-electron chi connectivity index (χ3n) is 3.13. The van der Waals surface area contributed by atoms with Gasteiger partial charge in [0.25, 0.3) is 6.01 Å². The van der Waals surface area contributed by atoms with Gasteiger partial charge in [0.15, 0.2) is 0 Å². The molecule has 102 valence electrons. The van der Waals surface area contributed by atoms with Gasteiger partial charge in [0.1, 0.15) is 6.26 Å². The number of anilines is 1. The standard InChI is InChI=1S/C13H23N3O2/c1-4-5-14-6-12-9-18-13(15-12)16-7-11(3)17-8-10(16)2/h9-11,14H,4-8H2,1-3H3. The number of nitrogens with zero attached hydrogens (tertiary/aromatic N) is 2. The zero-order valence-corrected chi connectivity index (χ0v) is 11.5. The van der Waals surface area contributed by atoms with Crippen molar-refractivity contribution >= 4 is 6.01 Å². The van der Waals surface area contributed by atoms with Crippen molar-refractivity contribution in [2.45, 2.75) is 45.9 Å². The molecule has 5 nitrogen and oxygen atoms in total. The largest absolute Gasteiger partial charge is 0.432 e. The van der Waals surface area contributed by atoms with E-state index in [0.717, 1.165) is 38.4 Å². The average molecular weight is 253 g/mol. The van der Waals surface area contributed by atoms with E-state index in [-0.39, 0.29) is 6.10 Å². The third-order valence-corrected chi connectivity index (χ3v) is 3.13. The fourth-order valence-electron chi connectivity index (χ4n) is 2.07. The molecule has 1 N–H and O–H groups in total.